The monoisotopic (exact) mass is 585 g/mol. The number of aromatic amines is 2. The molecule has 12 nitrogen and oxygen atoms in total. The van der Waals surface area contributed by atoms with Gasteiger partial charge in [0.15, 0.2) is 27.0 Å². The van der Waals surface area contributed by atoms with Crippen LogP contribution in [-0.2, 0) is 14.6 Å². The molecule has 5 N–H and O–H groups in total. The minimum absolute atomic E-state index is 0.125. The number of nitrogens with one attached hydrogen (secondary N) is 3. The predicted molar refractivity (Wildman–Crippen MR) is 156 cm³/mol. The van der Waals surface area contributed by atoms with Gasteiger partial charge in [-0.05, 0) is 53.6 Å². The lowest BCUT2D eigenvalue weighted by Gasteiger charge is -2.12. The number of sulfone groups is 1. The predicted octanol–water partition coefficient (Wildman–Crippen LogP) is 4.11. The Kier molecular flexibility index (Phi) is 6.71. The lowest BCUT2D eigenvalue weighted by Crippen LogP contribution is -2.20. The molecule has 0 fully saturated rings. The van der Waals surface area contributed by atoms with Crippen LogP contribution < -0.4 is 11.1 Å². The van der Waals surface area contributed by atoms with E-state index >= 15 is 0 Å². The lowest BCUT2D eigenvalue weighted by molar-refractivity contribution is -0.115. The van der Waals surface area contributed by atoms with Crippen molar-refractivity contribution in [1.29, 1.82) is 0 Å². The number of hydrogen-bond acceptors (Lipinski definition) is 9. The summed E-state index contributed by atoms with van der Waals surface area (Å²) >= 11 is 0. The van der Waals surface area contributed by atoms with Crippen LogP contribution in [0.15, 0.2) is 61.1 Å². The number of nitrogens with zero attached hydrogens (tertiary/aromatic N) is 5. The van der Waals surface area contributed by atoms with E-state index in [-0.39, 0.29) is 11.5 Å². The highest BCUT2D eigenvalue weighted by molar-refractivity contribution is 7.90. The quantitative estimate of drug-likeness (QED) is 0.214. The van der Waals surface area contributed by atoms with E-state index in [1.807, 2.05) is 12.1 Å². The molecule has 0 saturated carbocycles. The molecule has 0 spiro atoms. The summed E-state index contributed by atoms with van der Waals surface area (Å²) in [5.74, 6) is -0.387. The van der Waals surface area contributed by atoms with E-state index in [1.54, 1.807) is 31.5 Å². The maximum atomic E-state index is 14.6. The Hall–Kier alpha value is -5.08. The van der Waals surface area contributed by atoms with E-state index < -0.39 is 21.0 Å². The van der Waals surface area contributed by atoms with Gasteiger partial charge in [0.1, 0.15) is 16.7 Å². The largest absolute Gasteiger partial charge is 0.335 e. The van der Waals surface area contributed by atoms with Crippen molar-refractivity contribution in [3.05, 3.63) is 72.4 Å². The molecule has 1 aromatic carbocycles. The summed E-state index contributed by atoms with van der Waals surface area (Å²) in [7, 11) is -3.66. The van der Waals surface area contributed by atoms with Crippen LogP contribution in [0.4, 0.5) is 10.1 Å². The fraction of sp³-hybridized carbons (Fsp3) is 0.143. The molecule has 212 valence electrons. The number of carbonyl (C=O) groups is 1. The van der Waals surface area contributed by atoms with Gasteiger partial charge in [-0.1, -0.05) is 6.92 Å². The minimum Gasteiger partial charge on any atom is -0.335 e. The van der Waals surface area contributed by atoms with Crippen molar-refractivity contribution in [3.8, 4) is 33.9 Å². The molecule has 1 amide bonds. The van der Waals surface area contributed by atoms with Crippen LogP contribution in [0.3, 0.4) is 0 Å². The number of H-pyrrole nitrogens is 2. The molecule has 5 aromatic heterocycles. The average Bonchev–Trinajstić information content (AvgIpc) is 3.59. The Morgan fingerprint density at radius 2 is 1.93 bits per heavy atom. The standard InChI is InChI=1S/C28H24FN9O3S/c1-3-22(39)33-18-11-16(12-31-13-18)20-4-5-21-24(34-20)25(38-37-21)28-35-23-19(6-7-32-27(23)36-28)14-8-15(10-17(29)9-14)26(30)42(2,40)41/h4-13,26H,3,30H2,1-2H3,(H,33,39)(H,37,38)(H,32,35,36). The van der Waals surface area contributed by atoms with Crippen molar-refractivity contribution in [2.75, 3.05) is 11.6 Å². The average molecular weight is 586 g/mol. The molecule has 0 aliphatic rings. The Balaban J connectivity index is 1.42. The summed E-state index contributed by atoms with van der Waals surface area (Å²) in [5.41, 5.74) is 11.3. The second kappa shape index (κ2) is 10.4. The number of benzene rings is 1. The maximum Gasteiger partial charge on any atom is 0.224 e. The molecule has 6 aromatic rings. The van der Waals surface area contributed by atoms with E-state index in [4.69, 9.17) is 10.7 Å². The number of pyridine rings is 3. The third-order valence-corrected chi connectivity index (χ3v) is 7.88. The first-order chi connectivity index (χ1) is 20.1. The SMILES string of the molecule is CCC(=O)Nc1cncc(-c2ccc3[nH]nc(-c4nc5nccc(-c6cc(F)cc(C(N)S(C)(=O)=O)c6)c5[nH]4)c3n2)c1. The molecule has 0 bridgehead atoms. The van der Waals surface area contributed by atoms with Crippen LogP contribution in [0.25, 0.3) is 56.1 Å². The van der Waals surface area contributed by atoms with Crippen molar-refractivity contribution in [2.45, 2.75) is 18.7 Å². The Bertz CT molecular complexity index is 2110. The number of anilines is 1. The van der Waals surface area contributed by atoms with Crippen molar-refractivity contribution < 1.29 is 17.6 Å². The summed E-state index contributed by atoms with van der Waals surface area (Å²) < 4.78 is 38.7. The number of amides is 1. The highest BCUT2D eigenvalue weighted by Crippen LogP contribution is 2.33. The highest BCUT2D eigenvalue weighted by Gasteiger charge is 2.21. The number of fused-ring (bicyclic) bond motifs is 2. The number of imidazole rings is 1. The van der Waals surface area contributed by atoms with E-state index in [0.29, 0.717) is 68.2 Å². The molecule has 0 radical (unpaired) electrons. The number of rotatable bonds is 7. The van der Waals surface area contributed by atoms with Crippen LogP contribution in [0, 0.1) is 5.82 Å². The smallest absolute Gasteiger partial charge is 0.224 e. The van der Waals surface area contributed by atoms with Crippen LogP contribution in [0.2, 0.25) is 0 Å². The van der Waals surface area contributed by atoms with E-state index in [1.165, 1.54) is 18.3 Å². The summed E-state index contributed by atoms with van der Waals surface area (Å²) in [6.07, 6.45) is 6.08. The summed E-state index contributed by atoms with van der Waals surface area (Å²) in [4.78, 5) is 33.0. The third kappa shape index (κ3) is 5.08. The maximum absolute atomic E-state index is 14.6. The van der Waals surface area contributed by atoms with Crippen LogP contribution in [0.5, 0.6) is 0 Å². The van der Waals surface area contributed by atoms with Crippen molar-refractivity contribution in [3.63, 3.8) is 0 Å². The molecule has 0 aliphatic heterocycles. The Labute approximate surface area is 238 Å². The Morgan fingerprint density at radius 1 is 1.10 bits per heavy atom. The summed E-state index contributed by atoms with van der Waals surface area (Å²) in [6.45, 7) is 1.77. The number of halogens is 1. The van der Waals surface area contributed by atoms with Crippen LogP contribution in [0.1, 0.15) is 24.3 Å². The summed E-state index contributed by atoms with van der Waals surface area (Å²) in [6, 6.07) is 11.0. The van der Waals surface area contributed by atoms with Crippen molar-refractivity contribution in [1.82, 2.24) is 35.1 Å². The number of hydrogen-bond donors (Lipinski definition) is 4. The molecule has 42 heavy (non-hydrogen) atoms. The third-order valence-electron chi connectivity index (χ3n) is 6.68. The first kappa shape index (κ1) is 27.1. The summed E-state index contributed by atoms with van der Waals surface area (Å²) in [5, 5.41) is 8.79. The number of carbonyl (C=O) groups excluding carboxylic acids is 1. The van der Waals surface area contributed by atoms with E-state index in [2.05, 4.69) is 35.5 Å². The lowest BCUT2D eigenvalue weighted by atomic mass is 10.0. The van der Waals surface area contributed by atoms with E-state index in [0.717, 1.165) is 12.3 Å². The van der Waals surface area contributed by atoms with Crippen LogP contribution >= 0.6 is 0 Å². The molecule has 5 heterocycles. The number of nitrogens with two attached hydrogens (primary N) is 1. The van der Waals surface area contributed by atoms with Gasteiger partial charge in [0, 0.05) is 36.2 Å². The van der Waals surface area contributed by atoms with Gasteiger partial charge in [-0.25, -0.2) is 27.8 Å². The van der Waals surface area contributed by atoms with Gasteiger partial charge in [0.2, 0.25) is 5.91 Å². The Morgan fingerprint density at radius 3 is 2.71 bits per heavy atom. The van der Waals surface area contributed by atoms with Gasteiger partial charge < -0.3 is 16.0 Å². The second-order valence-corrected chi connectivity index (χ2v) is 11.9. The zero-order chi connectivity index (χ0) is 29.6. The van der Waals surface area contributed by atoms with Crippen molar-refractivity contribution >= 4 is 43.6 Å². The molecule has 1 atom stereocenters. The normalized spacial score (nSPS) is 12.6. The molecule has 1 unspecified atom stereocenters. The molecule has 0 aliphatic carbocycles. The fourth-order valence-corrected chi connectivity index (χ4v) is 5.20. The topological polar surface area (TPSA) is 185 Å². The minimum atomic E-state index is -3.66. The fourth-order valence-electron chi connectivity index (χ4n) is 4.57. The first-order valence-electron chi connectivity index (χ1n) is 12.8. The van der Waals surface area contributed by atoms with E-state index in [9.17, 15) is 17.6 Å². The molecular weight excluding hydrogens is 561 g/mol. The van der Waals surface area contributed by atoms with Gasteiger partial charge >= 0.3 is 0 Å². The van der Waals surface area contributed by atoms with Crippen molar-refractivity contribution in [2.24, 2.45) is 5.73 Å². The van der Waals surface area contributed by atoms with Gasteiger partial charge in [-0.3, -0.25) is 14.9 Å². The number of aromatic nitrogens is 7. The highest BCUT2D eigenvalue weighted by atomic mass is 32.2. The second-order valence-electron chi connectivity index (χ2n) is 9.69. The van der Waals surface area contributed by atoms with Gasteiger partial charge in [-0.2, -0.15) is 5.10 Å². The van der Waals surface area contributed by atoms with Gasteiger partial charge in [-0.15, -0.1) is 0 Å². The zero-order valence-corrected chi connectivity index (χ0v) is 23.2. The molecule has 6 rings (SSSR count). The van der Waals surface area contributed by atoms with Crippen LogP contribution in [-0.4, -0.2) is 55.7 Å². The van der Waals surface area contributed by atoms with Gasteiger partial charge in [0.05, 0.1) is 28.6 Å². The molecule has 14 heteroatoms. The molecular formula is C28H24FN9O3S. The van der Waals surface area contributed by atoms with Gasteiger partial charge in [0.25, 0.3) is 0 Å². The first-order valence-corrected chi connectivity index (χ1v) is 14.8. The molecule has 0 saturated heterocycles. The zero-order valence-electron chi connectivity index (χ0n) is 22.4.